The Morgan fingerprint density at radius 2 is 1.94 bits per heavy atom. The molecular weight excluding hydrogens is 237 g/mol. The number of benzene rings is 1. The fourth-order valence-corrected chi connectivity index (χ4v) is 1.95. The van der Waals surface area contributed by atoms with Crippen LogP contribution in [0.5, 0.6) is 0 Å². The Balaban J connectivity index is 2.09. The van der Waals surface area contributed by atoms with Gasteiger partial charge in [-0.3, -0.25) is 19.8 Å². The van der Waals surface area contributed by atoms with Crippen molar-refractivity contribution in [1.29, 1.82) is 0 Å². The number of carbonyl (C=O) groups excluding carboxylic acids is 2. The summed E-state index contributed by atoms with van der Waals surface area (Å²) >= 11 is 0. The van der Waals surface area contributed by atoms with E-state index in [9.17, 15) is 14.0 Å². The van der Waals surface area contributed by atoms with Crippen molar-refractivity contribution >= 4 is 11.8 Å². The van der Waals surface area contributed by atoms with Crippen molar-refractivity contribution < 1.29 is 14.0 Å². The van der Waals surface area contributed by atoms with Crippen molar-refractivity contribution in [3.05, 3.63) is 35.1 Å². The predicted octanol–water partition coefficient (Wildman–Crippen LogP) is -0.257. The summed E-state index contributed by atoms with van der Waals surface area (Å²) < 4.78 is 13.3. The van der Waals surface area contributed by atoms with Crippen LogP contribution in [0, 0.1) is 5.82 Å². The van der Waals surface area contributed by atoms with Crippen LogP contribution >= 0.6 is 0 Å². The van der Waals surface area contributed by atoms with Gasteiger partial charge in [0, 0.05) is 18.7 Å². The smallest absolute Gasteiger partial charge is 0.240 e. The first-order valence-electron chi connectivity index (χ1n) is 5.61. The number of amides is 2. The van der Waals surface area contributed by atoms with Crippen LogP contribution < -0.4 is 11.1 Å². The van der Waals surface area contributed by atoms with E-state index in [0.717, 1.165) is 5.56 Å². The third-order valence-corrected chi connectivity index (χ3v) is 2.75. The quantitative estimate of drug-likeness (QED) is 0.726. The highest BCUT2D eigenvalue weighted by Gasteiger charge is 2.22. The summed E-state index contributed by atoms with van der Waals surface area (Å²) in [6.45, 7) is 0.883. The van der Waals surface area contributed by atoms with Crippen LogP contribution in [0.4, 0.5) is 4.39 Å². The molecule has 2 rings (SSSR count). The lowest BCUT2D eigenvalue weighted by molar-refractivity contribution is -0.136. The van der Waals surface area contributed by atoms with Gasteiger partial charge in [-0.15, -0.1) is 0 Å². The van der Waals surface area contributed by atoms with Crippen molar-refractivity contribution in [3.8, 4) is 0 Å². The summed E-state index contributed by atoms with van der Waals surface area (Å²) in [6.07, 6.45) is 0. The van der Waals surface area contributed by atoms with Crippen LogP contribution in [0.25, 0.3) is 0 Å². The number of halogens is 1. The highest BCUT2D eigenvalue weighted by atomic mass is 19.1. The minimum Gasteiger partial charge on any atom is -0.326 e. The molecule has 0 saturated carbocycles. The zero-order valence-electron chi connectivity index (χ0n) is 9.78. The molecule has 5 nitrogen and oxygen atoms in total. The second kappa shape index (κ2) is 5.24. The first-order chi connectivity index (χ1) is 8.58. The third kappa shape index (κ3) is 2.91. The van der Waals surface area contributed by atoms with Crippen LogP contribution in [0.15, 0.2) is 18.2 Å². The topological polar surface area (TPSA) is 75.4 Å². The molecule has 0 unspecified atom stereocenters. The summed E-state index contributed by atoms with van der Waals surface area (Å²) in [5.74, 6) is -0.964. The van der Waals surface area contributed by atoms with Crippen molar-refractivity contribution in [1.82, 2.24) is 10.2 Å². The fourth-order valence-electron chi connectivity index (χ4n) is 1.95. The van der Waals surface area contributed by atoms with Gasteiger partial charge in [0.15, 0.2) is 0 Å². The van der Waals surface area contributed by atoms with Crippen molar-refractivity contribution in [2.75, 3.05) is 13.1 Å². The Hall–Kier alpha value is -1.79. The van der Waals surface area contributed by atoms with E-state index in [-0.39, 0.29) is 37.3 Å². The molecule has 0 bridgehead atoms. The van der Waals surface area contributed by atoms with E-state index in [0.29, 0.717) is 12.1 Å². The summed E-state index contributed by atoms with van der Waals surface area (Å²) in [5, 5.41) is 2.23. The number of nitrogens with one attached hydrogen (secondary N) is 1. The Morgan fingerprint density at radius 1 is 1.28 bits per heavy atom. The molecule has 1 aromatic rings. The lowest BCUT2D eigenvalue weighted by atomic mass is 10.1. The highest BCUT2D eigenvalue weighted by Crippen LogP contribution is 2.12. The van der Waals surface area contributed by atoms with Gasteiger partial charge in [-0.25, -0.2) is 4.39 Å². The minimum atomic E-state index is -0.339. The van der Waals surface area contributed by atoms with Gasteiger partial charge in [0.2, 0.25) is 11.8 Å². The molecule has 0 aromatic heterocycles. The molecule has 1 saturated heterocycles. The Morgan fingerprint density at radius 3 is 2.56 bits per heavy atom. The van der Waals surface area contributed by atoms with Crippen molar-refractivity contribution in [3.63, 3.8) is 0 Å². The van der Waals surface area contributed by atoms with Crippen LogP contribution in [-0.4, -0.2) is 29.8 Å². The minimum absolute atomic E-state index is 0.124. The molecule has 2 amide bonds. The zero-order chi connectivity index (χ0) is 13.1. The number of hydrogen-bond donors (Lipinski definition) is 2. The standard InChI is InChI=1S/C12H14FN3O2/c13-10-2-1-8(3-9(10)4-14)5-16-6-11(17)15-12(18)7-16/h1-3H,4-7,14H2,(H,15,17,18). The van der Waals surface area contributed by atoms with Crippen LogP contribution in [0.3, 0.4) is 0 Å². The molecule has 18 heavy (non-hydrogen) atoms. The molecule has 1 heterocycles. The van der Waals surface area contributed by atoms with E-state index < -0.39 is 0 Å². The van der Waals surface area contributed by atoms with Gasteiger partial charge in [0.25, 0.3) is 0 Å². The Kier molecular flexibility index (Phi) is 3.69. The number of nitrogens with two attached hydrogens (primary N) is 1. The summed E-state index contributed by atoms with van der Waals surface area (Å²) in [4.78, 5) is 24.1. The molecular formula is C12H14FN3O2. The SMILES string of the molecule is NCc1cc(CN2CC(=O)NC(=O)C2)ccc1F. The number of rotatable bonds is 3. The number of piperazine rings is 1. The van der Waals surface area contributed by atoms with Gasteiger partial charge >= 0.3 is 0 Å². The molecule has 0 spiro atoms. The van der Waals surface area contributed by atoms with E-state index in [1.807, 2.05) is 0 Å². The number of imide groups is 1. The van der Waals surface area contributed by atoms with E-state index in [4.69, 9.17) is 5.73 Å². The van der Waals surface area contributed by atoms with Gasteiger partial charge in [-0.05, 0) is 11.6 Å². The number of carbonyl (C=O) groups is 2. The largest absolute Gasteiger partial charge is 0.326 e. The first-order valence-corrected chi connectivity index (χ1v) is 5.61. The summed E-state index contributed by atoms with van der Waals surface area (Å²) in [5.41, 5.74) is 6.69. The van der Waals surface area contributed by atoms with E-state index in [1.165, 1.54) is 6.07 Å². The monoisotopic (exact) mass is 251 g/mol. The van der Waals surface area contributed by atoms with E-state index >= 15 is 0 Å². The van der Waals surface area contributed by atoms with Crippen molar-refractivity contribution in [2.45, 2.75) is 13.1 Å². The maximum Gasteiger partial charge on any atom is 0.240 e. The van der Waals surface area contributed by atoms with Crippen LogP contribution in [0.1, 0.15) is 11.1 Å². The second-order valence-corrected chi connectivity index (χ2v) is 4.25. The molecule has 0 aliphatic carbocycles. The Labute approximate surface area is 104 Å². The third-order valence-electron chi connectivity index (χ3n) is 2.75. The molecule has 1 aromatic carbocycles. The van der Waals surface area contributed by atoms with E-state index in [1.54, 1.807) is 17.0 Å². The van der Waals surface area contributed by atoms with Crippen molar-refractivity contribution in [2.24, 2.45) is 5.73 Å². The van der Waals surface area contributed by atoms with Gasteiger partial charge in [0.05, 0.1) is 13.1 Å². The lowest BCUT2D eigenvalue weighted by Gasteiger charge is -2.25. The second-order valence-electron chi connectivity index (χ2n) is 4.25. The molecule has 1 aliphatic rings. The predicted molar refractivity (Wildman–Crippen MR) is 62.7 cm³/mol. The highest BCUT2D eigenvalue weighted by molar-refractivity contribution is 5.99. The maximum atomic E-state index is 13.3. The van der Waals surface area contributed by atoms with Crippen LogP contribution in [0.2, 0.25) is 0 Å². The average Bonchev–Trinajstić information content (AvgIpc) is 2.30. The molecule has 0 atom stereocenters. The Bertz CT molecular complexity index is 474. The summed E-state index contributed by atoms with van der Waals surface area (Å²) in [7, 11) is 0. The van der Waals surface area contributed by atoms with Gasteiger partial charge in [0.1, 0.15) is 5.82 Å². The molecule has 0 radical (unpaired) electrons. The van der Waals surface area contributed by atoms with Crippen LogP contribution in [-0.2, 0) is 22.7 Å². The van der Waals surface area contributed by atoms with Gasteiger partial charge in [-0.2, -0.15) is 0 Å². The van der Waals surface area contributed by atoms with Gasteiger partial charge < -0.3 is 5.73 Å². The molecule has 1 fully saturated rings. The maximum absolute atomic E-state index is 13.3. The molecule has 6 heteroatoms. The number of hydrogen-bond acceptors (Lipinski definition) is 4. The number of nitrogens with zero attached hydrogens (tertiary/aromatic N) is 1. The van der Waals surface area contributed by atoms with Gasteiger partial charge in [-0.1, -0.05) is 12.1 Å². The normalized spacial score (nSPS) is 16.8. The molecule has 1 aliphatic heterocycles. The summed E-state index contributed by atoms with van der Waals surface area (Å²) in [6, 6.07) is 4.64. The zero-order valence-corrected chi connectivity index (χ0v) is 9.78. The average molecular weight is 251 g/mol. The lowest BCUT2D eigenvalue weighted by Crippen LogP contribution is -2.50. The fraction of sp³-hybridized carbons (Fsp3) is 0.333. The molecule has 96 valence electrons. The van der Waals surface area contributed by atoms with E-state index in [2.05, 4.69) is 5.32 Å². The first kappa shape index (κ1) is 12.7. The molecule has 3 N–H and O–H groups in total.